The molecular formula is C12H20BrNOS. The highest BCUT2D eigenvalue weighted by Gasteiger charge is 2.13. The lowest BCUT2D eigenvalue weighted by molar-refractivity contribution is 0.157. The van der Waals surface area contributed by atoms with Crippen molar-refractivity contribution in [1.29, 1.82) is 0 Å². The van der Waals surface area contributed by atoms with Gasteiger partial charge >= 0.3 is 0 Å². The van der Waals surface area contributed by atoms with Crippen LogP contribution in [0.3, 0.4) is 0 Å². The fraction of sp³-hybridized carbons (Fsp3) is 0.667. The molecule has 0 aromatic carbocycles. The molecule has 2 unspecified atom stereocenters. The van der Waals surface area contributed by atoms with Gasteiger partial charge in [-0.3, -0.25) is 0 Å². The molecule has 1 aromatic rings. The third kappa shape index (κ3) is 4.53. The van der Waals surface area contributed by atoms with Crippen LogP contribution in [-0.4, -0.2) is 19.8 Å². The Bertz CT molecular complexity index is 297. The second-order valence-corrected chi connectivity index (χ2v) is 6.47. The molecule has 2 atom stereocenters. The third-order valence-electron chi connectivity index (χ3n) is 2.51. The molecule has 0 aliphatic carbocycles. The van der Waals surface area contributed by atoms with Crippen molar-refractivity contribution in [1.82, 2.24) is 5.32 Å². The van der Waals surface area contributed by atoms with Gasteiger partial charge in [-0.25, -0.2) is 0 Å². The molecule has 0 amide bonds. The summed E-state index contributed by atoms with van der Waals surface area (Å²) in [6, 6.07) is 5.11. The quantitative estimate of drug-likeness (QED) is 0.823. The van der Waals surface area contributed by atoms with Crippen LogP contribution in [0, 0.1) is 0 Å². The van der Waals surface area contributed by atoms with Crippen LogP contribution in [0.4, 0.5) is 0 Å². The second kappa shape index (κ2) is 7.43. The third-order valence-corrected chi connectivity index (χ3v) is 4.32. The average Bonchev–Trinajstić information content (AvgIpc) is 2.65. The molecule has 0 saturated heterocycles. The first kappa shape index (κ1) is 14.2. The Morgan fingerprint density at radius 2 is 2.25 bits per heavy atom. The van der Waals surface area contributed by atoms with E-state index < -0.39 is 0 Å². The van der Waals surface area contributed by atoms with Crippen molar-refractivity contribution >= 4 is 27.3 Å². The van der Waals surface area contributed by atoms with Crippen LogP contribution in [0.15, 0.2) is 15.9 Å². The van der Waals surface area contributed by atoms with Crippen LogP contribution in [0.5, 0.6) is 0 Å². The normalized spacial score (nSPS) is 15.0. The van der Waals surface area contributed by atoms with E-state index in [1.54, 1.807) is 18.4 Å². The lowest BCUT2D eigenvalue weighted by atomic mass is 10.1. The van der Waals surface area contributed by atoms with Crippen molar-refractivity contribution in [2.75, 3.05) is 13.7 Å². The van der Waals surface area contributed by atoms with Gasteiger partial charge in [0.05, 0.1) is 10.4 Å². The van der Waals surface area contributed by atoms with Gasteiger partial charge < -0.3 is 10.1 Å². The summed E-state index contributed by atoms with van der Waals surface area (Å²) in [4.78, 5) is 1.36. The molecule has 92 valence electrons. The topological polar surface area (TPSA) is 21.3 Å². The average molecular weight is 306 g/mol. The standard InChI is InChI=1S/C12H20BrNOS/c1-4-5-10(8-15-3)14-9(2)11-6-7-12(13)16-11/h6-7,9-10,14H,4-5,8H2,1-3H3. The predicted molar refractivity (Wildman–Crippen MR) is 74.1 cm³/mol. The first-order valence-corrected chi connectivity index (χ1v) is 7.28. The summed E-state index contributed by atoms with van der Waals surface area (Å²) in [5, 5.41) is 3.61. The lowest BCUT2D eigenvalue weighted by Gasteiger charge is -2.21. The maximum atomic E-state index is 5.23. The smallest absolute Gasteiger partial charge is 0.0701 e. The largest absolute Gasteiger partial charge is 0.383 e. The number of thiophene rings is 1. The number of ether oxygens (including phenoxy) is 1. The van der Waals surface area contributed by atoms with Crippen LogP contribution >= 0.6 is 27.3 Å². The van der Waals surface area contributed by atoms with Crippen molar-refractivity contribution in [2.45, 2.75) is 38.8 Å². The number of methoxy groups -OCH3 is 1. The Balaban J connectivity index is 2.50. The van der Waals surface area contributed by atoms with E-state index in [2.05, 4.69) is 47.2 Å². The summed E-state index contributed by atoms with van der Waals surface area (Å²) in [7, 11) is 1.76. The molecule has 0 radical (unpaired) electrons. The molecule has 16 heavy (non-hydrogen) atoms. The molecule has 1 aromatic heterocycles. The van der Waals surface area contributed by atoms with E-state index in [4.69, 9.17) is 4.74 Å². The first-order valence-electron chi connectivity index (χ1n) is 5.67. The Kier molecular flexibility index (Phi) is 6.58. The molecule has 0 aliphatic rings. The van der Waals surface area contributed by atoms with Crippen LogP contribution < -0.4 is 5.32 Å². The molecule has 4 heteroatoms. The molecule has 1 N–H and O–H groups in total. The number of hydrogen-bond acceptors (Lipinski definition) is 3. The van der Waals surface area contributed by atoms with Gasteiger partial charge in [0.2, 0.25) is 0 Å². The van der Waals surface area contributed by atoms with Crippen molar-refractivity contribution in [3.05, 3.63) is 20.8 Å². The fourth-order valence-electron chi connectivity index (χ4n) is 1.76. The molecule has 1 heterocycles. The SMILES string of the molecule is CCCC(COC)NC(C)c1ccc(Br)s1. The van der Waals surface area contributed by atoms with Crippen LogP contribution in [0.1, 0.15) is 37.6 Å². The zero-order valence-corrected chi connectivity index (χ0v) is 12.5. The lowest BCUT2D eigenvalue weighted by Crippen LogP contribution is -2.34. The van der Waals surface area contributed by atoms with Gasteiger partial charge in [-0.15, -0.1) is 11.3 Å². The van der Waals surface area contributed by atoms with Gasteiger partial charge in [0.1, 0.15) is 0 Å². The monoisotopic (exact) mass is 305 g/mol. The number of rotatable bonds is 7. The molecular weight excluding hydrogens is 286 g/mol. The summed E-state index contributed by atoms with van der Waals surface area (Å²) in [6.07, 6.45) is 2.34. The maximum Gasteiger partial charge on any atom is 0.0701 e. The second-order valence-electron chi connectivity index (χ2n) is 3.97. The molecule has 1 rings (SSSR count). The van der Waals surface area contributed by atoms with E-state index in [-0.39, 0.29) is 0 Å². The summed E-state index contributed by atoms with van der Waals surface area (Å²) in [6.45, 7) is 5.19. The minimum Gasteiger partial charge on any atom is -0.383 e. The van der Waals surface area contributed by atoms with Gasteiger partial charge in [-0.2, -0.15) is 0 Å². The van der Waals surface area contributed by atoms with Gasteiger partial charge in [-0.1, -0.05) is 13.3 Å². The zero-order chi connectivity index (χ0) is 12.0. The minimum atomic E-state index is 0.392. The highest BCUT2D eigenvalue weighted by atomic mass is 79.9. The summed E-state index contributed by atoms with van der Waals surface area (Å²) in [5.41, 5.74) is 0. The van der Waals surface area contributed by atoms with Crippen LogP contribution in [-0.2, 0) is 4.74 Å². The zero-order valence-electron chi connectivity index (χ0n) is 10.1. The van der Waals surface area contributed by atoms with E-state index in [9.17, 15) is 0 Å². The Morgan fingerprint density at radius 3 is 2.75 bits per heavy atom. The molecule has 0 saturated carbocycles. The highest BCUT2D eigenvalue weighted by Crippen LogP contribution is 2.27. The Morgan fingerprint density at radius 1 is 1.50 bits per heavy atom. The minimum absolute atomic E-state index is 0.392. The van der Waals surface area contributed by atoms with Crippen LogP contribution in [0.25, 0.3) is 0 Å². The molecule has 0 fully saturated rings. The summed E-state index contributed by atoms with van der Waals surface area (Å²) in [5.74, 6) is 0. The summed E-state index contributed by atoms with van der Waals surface area (Å²) < 4.78 is 6.42. The van der Waals surface area contributed by atoms with Gasteiger partial charge in [0.15, 0.2) is 0 Å². The number of nitrogens with one attached hydrogen (secondary N) is 1. The maximum absolute atomic E-state index is 5.23. The summed E-state index contributed by atoms with van der Waals surface area (Å²) >= 11 is 5.28. The van der Waals surface area contributed by atoms with E-state index in [1.165, 1.54) is 15.1 Å². The Labute approximate surface area is 111 Å². The van der Waals surface area contributed by atoms with Crippen LogP contribution in [0.2, 0.25) is 0 Å². The van der Waals surface area contributed by atoms with Gasteiger partial charge in [0, 0.05) is 24.1 Å². The van der Waals surface area contributed by atoms with Crippen molar-refractivity contribution in [2.24, 2.45) is 0 Å². The van der Waals surface area contributed by atoms with E-state index in [0.717, 1.165) is 13.0 Å². The van der Waals surface area contributed by atoms with E-state index >= 15 is 0 Å². The molecule has 2 nitrogen and oxygen atoms in total. The van der Waals surface area contributed by atoms with Gasteiger partial charge in [0.25, 0.3) is 0 Å². The number of hydrogen-bond donors (Lipinski definition) is 1. The number of halogens is 1. The first-order chi connectivity index (χ1) is 7.67. The van der Waals surface area contributed by atoms with Crippen molar-refractivity contribution < 1.29 is 4.74 Å². The Hall–Kier alpha value is 0.1000. The van der Waals surface area contributed by atoms with E-state index in [1.807, 2.05) is 0 Å². The van der Waals surface area contributed by atoms with E-state index in [0.29, 0.717) is 12.1 Å². The van der Waals surface area contributed by atoms with Gasteiger partial charge in [-0.05, 0) is 41.4 Å². The van der Waals surface area contributed by atoms with Crippen molar-refractivity contribution in [3.63, 3.8) is 0 Å². The molecule has 0 bridgehead atoms. The predicted octanol–water partition coefficient (Wildman–Crippen LogP) is 3.98. The van der Waals surface area contributed by atoms with Crippen molar-refractivity contribution in [3.8, 4) is 0 Å². The molecule has 0 aliphatic heterocycles. The highest BCUT2D eigenvalue weighted by molar-refractivity contribution is 9.11. The fourth-order valence-corrected chi connectivity index (χ4v) is 3.20. The molecule has 0 spiro atoms.